The fourth-order valence-corrected chi connectivity index (χ4v) is 3.45. The number of ether oxygens (including phenoxy) is 1. The third-order valence-corrected chi connectivity index (χ3v) is 4.72. The predicted molar refractivity (Wildman–Crippen MR) is 92.7 cm³/mol. The van der Waals surface area contributed by atoms with Gasteiger partial charge in [-0.15, -0.1) is 0 Å². The minimum absolute atomic E-state index is 0.00951. The molecule has 2 aliphatic heterocycles. The summed E-state index contributed by atoms with van der Waals surface area (Å²) >= 11 is 0. The summed E-state index contributed by atoms with van der Waals surface area (Å²) in [5, 5.41) is 0. The Balaban J connectivity index is 1.34. The summed E-state index contributed by atoms with van der Waals surface area (Å²) in [4.78, 5) is 21.1. The maximum atomic E-state index is 12.0. The SMILES string of the molecule is Cc1cc(=O)n2c(n1)OC(CN1CCN(c3ccccc3)CC1)C2. The van der Waals surface area contributed by atoms with Gasteiger partial charge < -0.3 is 9.64 Å². The highest BCUT2D eigenvalue weighted by atomic mass is 16.5. The smallest absolute Gasteiger partial charge is 0.299 e. The Hall–Kier alpha value is -2.34. The molecule has 0 N–H and O–H groups in total. The third kappa shape index (κ3) is 3.01. The van der Waals surface area contributed by atoms with Gasteiger partial charge in [0, 0.05) is 50.2 Å². The zero-order valence-corrected chi connectivity index (χ0v) is 13.9. The van der Waals surface area contributed by atoms with E-state index in [4.69, 9.17) is 4.74 Å². The molecule has 0 amide bonds. The molecule has 1 aromatic carbocycles. The molecule has 1 unspecified atom stereocenters. The van der Waals surface area contributed by atoms with E-state index in [0.29, 0.717) is 18.2 Å². The average molecular weight is 326 g/mol. The standard InChI is InChI=1S/C18H22N4O2/c1-14-11-17(23)22-13-16(24-18(22)19-14)12-20-7-9-21(10-8-20)15-5-3-2-4-6-15/h2-6,11,16H,7-10,12-13H2,1H3. The summed E-state index contributed by atoms with van der Waals surface area (Å²) in [7, 11) is 0. The van der Waals surface area contributed by atoms with Crippen molar-refractivity contribution in [2.75, 3.05) is 37.6 Å². The monoisotopic (exact) mass is 326 g/mol. The molecule has 6 heteroatoms. The molecular weight excluding hydrogens is 304 g/mol. The lowest BCUT2D eigenvalue weighted by atomic mass is 10.2. The van der Waals surface area contributed by atoms with Crippen molar-refractivity contribution < 1.29 is 4.74 Å². The van der Waals surface area contributed by atoms with Crippen LogP contribution in [0.5, 0.6) is 6.01 Å². The Bertz CT molecular complexity index is 766. The summed E-state index contributed by atoms with van der Waals surface area (Å²) in [5.74, 6) is 0. The first-order valence-electron chi connectivity index (χ1n) is 8.46. The van der Waals surface area contributed by atoms with E-state index in [0.717, 1.165) is 32.7 Å². The van der Waals surface area contributed by atoms with E-state index in [-0.39, 0.29) is 11.7 Å². The van der Waals surface area contributed by atoms with Crippen LogP contribution >= 0.6 is 0 Å². The minimum atomic E-state index is -0.0195. The van der Waals surface area contributed by atoms with Gasteiger partial charge in [-0.05, 0) is 19.1 Å². The van der Waals surface area contributed by atoms with Crippen molar-refractivity contribution in [1.82, 2.24) is 14.5 Å². The van der Waals surface area contributed by atoms with Crippen LogP contribution in [0.15, 0.2) is 41.2 Å². The fourth-order valence-electron chi connectivity index (χ4n) is 3.45. The van der Waals surface area contributed by atoms with Gasteiger partial charge in [0.2, 0.25) is 0 Å². The number of aryl methyl sites for hydroxylation is 1. The lowest BCUT2D eigenvalue weighted by Gasteiger charge is -2.36. The topological polar surface area (TPSA) is 50.6 Å². The van der Waals surface area contributed by atoms with E-state index in [2.05, 4.69) is 39.0 Å². The Kier molecular flexibility index (Phi) is 3.98. The molecule has 1 aromatic heterocycles. The second-order valence-corrected chi connectivity index (χ2v) is 6.49. The first kappa shape index (κ1) is 15.2. The highest BCUT2D eigenvalue weighted by Gasteiger charge is 2.28. The first-order valence-corrected chi connectivity index (χ1v) is 8.46. The van der Waals surface area contributed by atoms with Gasteiger partial charge in [-0.2, -0.15) is 0 Å². The molecule has 24 heavy (non-hydrogen) atoms. The second-order valence-electron chi connectivity index (χ2n) is 6.49. The Morgan fingerprint density at radius 2 is 1.92 bits per heavy atom. The molecule has 0 radical (unpaired) electrons. The maximum Gasteiger partial charge on any atom is 0.299 e. The van der Waals surface area contributed by atoms with Crippen LogP contribution in [0.1, 0.15) is 5.69 Å². The van der Waals surface area contributed by atoms with Crippen molar-refractivity contribution in [2.45, 2.75) is 19.6 Å². The van der Waals surface area contributed by atoms with E-state index >= 15 is 0 Å². The Morgan fingerprint density at radius 3 is 2.67 bits per heavy atom. The normalized spacial score (nSPS) is 20.7. The molecule has 1 atom stereocenters. The highest BCUT2D eigenvalue weighted by Crippen LogP contribution is 2.19. The number of anilines is 1. The number of hydrogen-bond donors (Lipinski definition) is 0. The van der Waals surface area contributed by atoms with Crippen LogP contribution in [0, 0.1) is 6.92 Å². The van der Waals surface area contributed by atoms with Crippen molar-refractivity contribution in [3.05, 3.63) is 52.4 Å². The maximum absolute atomic E-state index is 12.0. The van der Waals surface area contributed by atoms with E-state index in [1.807, 2.05) is 13.0 Å². The number of benzene rings is 1. The number of rotatable bonds is 3. The number of para-hydroxylation sites is 1. The Labute approximate surface area is 141 Å². The van der Waals surface area contributed by atoms with E-state index in [1.54, 1.807) is 10.6 Å². The molecule has 1 saturated heterocycles. The number of piperazine rings is 1. The van der Waals surface area contributed by atoms with Crippen LogP contribution in [-0.4, -0.2) is 53.3 Å². The average Bonchev–Trinajstić information content (AvgIpc) is 2.99. The van der Waals surface area contributed by atoms with Crippen LogP contribution in [0.2, 0.25) is 0 Å². The molecule has 6 nitrogen and oxygen atoms in total. The number of nitrogens with zero attached hydrogens (tertiary/aromatic N) is 4. The lowest BCUT2D eigenvalue weighted by Crippen LogP contribution is -2.49. The lowest BCUT2D eigenvalue weighted by molar-refractivity contribution is 0.141. The van der Waals surface area contributed by atoms with Gasteiger partial charge in [0.1, 0.15) is 6.10 Å². The van der Waals surface area contributed by atoms with Crippen molar-refractivity contribution >= 4 is 5.69 Å². The summed E-state index contributed by atoms with van der Waals surface area (Å²) in [6.45, 7) is 7.30. The molecule has 126 valence electrons. The molecule has 2 aromatic rings. The highest BCUT2D eigenvalue weighted by molar-refractivity contribution is 5.46. The zero-order chi connectivity index (χ0) is 16.5. The fraction of sp³-hybridized carbons (Fsp3) is 0.444. The van der Waals surface area contributed by atoms with E-state index in [9.17, 15) is 4.79 Å². The summed E-state index contributed by atoms with van der Waals surface area (Å²) in [5.41, 5.74) is 1.98. The predicted octanol–water partition coefficient (Wildman–Crippen LogP) is 1.13. The van der Waals surface area contributed by atoms with Crippen molar-refractivity contribution in [1.29, 1.82) is 0 Å². The van der Waals surface area contributed by atoms with Gasteiger partial charge in [-0.1, -0.05) is 18.2 Å². The second kappa shape index (κ2) is 6.28. The summed E-state index contributed by atoms with van der Waals surface area (Å²) in [6, 6.07) is 12.6. The Morgan fingerprint density at radius 1 is 1.17 bits per heavy atom. The third-order valence-electron chi connectivity index (χ3n) is 4.72. The molecule has 3 heterocycles. The van der Waals surface area contributed by atoms with Gasteiger partial charge in [0.05, 0.1) is 6.54 Å². The van der Waals surface area contributed by atoms with Crippen LogP contribution in [0.4, 0.5) is 5.69 Å². The first-order chi connectivity index (χ1) is 11.7. The summed E-state index contributed by atoms with van der Waals surface area (Å²) in [6.07, 6.45) is 0.00951. The molecule has 0 spiro atoms. The van der Waals surface area contributed by atoms with Crippen molar-refractivity contribution in [3.8, 4) is 6.01 Å². The van der Waals surface area contributed by atoms with E-state index < -0.39 is 0 Å². The van der Waals surface area contributed by atoms with Gasteiger partial charge in [-0.25, -0.2) is 4.98 Å². The van der Waals surface area contributed by atoms with Gasteiger partial charge in [0.25, 0.3) is 11.6 Å². The largest absolute Gasteiger partial charge is 0.458 e. The summed E-state index contributed by atoms with van der Waals surface area (Å²) < 4.78 is 7.52. The van der Waals surface area contributed by atoms with Crippen LogP contribution in [-0.2, 0) is 6.54 Å². The van der Waals surface area contributed by atoms with Crippen LogP contribution in [0.3, 0.4) is 0 Å². The molecule has 0 saturated carbocycles. The van der Waals surface area contributed by atoms with Crippen molar-refractivity contribution in [2.24, 2.45) is 0 Å². The van der Waals surface area contributed by atoms with Crippen LogP contribution < -0.4 is 15.2 Å². The molecule has 1 fully saturated rings. The van der Waals surface area contributed by atoms with Crippen LogP contribution in [0.25, 0.3) is 0 Å². The van der Waals surface area contributed by atoms with Gasteiger partial charge in [-0.3, -0.25) is 14.3 Å². The molecule has 4 rings (SSSR count). The van der Waals surface area contributed by atoms with Gasteiger partial charge >= 0.3 is 0 Å². The minimum Gasteiger partial charge on any atom is -0.458 e. The zero-order valence-electron chi connectivity index (χ0n) is 13.9. The molecular formula is C18H22N4O2. The van der Waals surface area contributed by atoms with Gasteiger partial charge in [0.15, 0.2) is 0 Å². The number of hydrogen-bond acceptors (Lipinski definition) is 5. The number of fused-ring (bicyclic) bond motifs is 1. The molecule has 0 aliphatic carbocycles. The number of aromatic nitrogens is 2. The van der Waals surface area contributed by atoms with E-state index in [1.165, 1.54) is 5.69 Å². The molecule has 2 aliphatic rings. The quantitative estimate of drug-likeness (QED) is 0.846. The molecule has 0 bridgehead atoms. The van der Waals surface area contributed by atoms with Crippen molar-refractivity contribution in [3.63, 3.8) is 0 Å².